The fraction of sp³-hybridized carbons (Fsp3) is 0.290. The lowest BCUT2D eigenvalue weighted by molar-refractivity contribution is -0.143. The maximum absolute atomic E-state index is 14.3. The van der Waals surface area contributed by atoms with Crippen molar-refractivity contribution in [1.82, 2.24) is 10.2 Å². The van der Waals surface area contributed by atoms with E-state index in [2.05, 4.69) is 10.6 Å². The van der Waals surface area contributed by atoms with Crippen LogP contribution in [-0.2, 0) is 31.3 Å². The van der Waals surface area contributed by atoms with Crippen molar-refractivity contribution in [1.29, 1.82) is 0 Å². The zero-order valence-electron chi connectivity index (χ0n) is 21.9. The van der Waals surface area contributed by atoms with Crippen LogP contribution in [-0.4, -0.2) is 41.1 Å². The lowest BCUT2D eigenvalue weighted by Crippen LogP contribution is -2.55. The van der Waals surface area contributed by atoms with E-state index in [9.17, 15) is 19.2 Å². The van der Waals surface area contributed by atoms with Crippen molar-refractivity contribution in [2.75, 3.05) is 16.8 Å². The first kappa shape index (κ1) is 25.0. The molecule has 39 heavy (non-hydrogen) atoms. The number of carbonyl (C=O) groups is 4. The fourth-order valence-electron chi connectivity index (χ4n) is 6.42. The van der Waals surface area contributed by atoms with E-state index >= 15 is 0 Å². The zero-order chi connectivity index (χ0) is 27.3. The molecule has 198 valence electrons. The summed E-state index contributed by atoms with van der Waals surface area (Å²) in [5, 5.41) is 6.30. The van der Waals surface area contributed by atoms with Crippen molar-refractivity contribution >= 4 is 35.0 Å². The minimum Gasteiger partial charge on any atom is -0.325 e. The molecule has 0 saturated carbocycles. The number of para-hydroxylation sites is 1. The van der Waals surface area contributed by atoms with Crippen molar-refractivity contribution in [3.8, 4) is 0 Å². The summed E-state index contributed by atoms with van der Waals surface area (Å²) in [7, 11) is 0. The second-order valence-electron chi connectivity index (χ2n) is 10.5. The SMILES string of the molecule is CC[C@@H]1N[C@]2(C(=O)N(CC(=O)Nc3ccc(C)cc3)c3ccccc32)[C@@H]2C(=O)N(Cc3ccccc3)C(=O)[C@H]12. The van der Waals surface area contributed by atoms with Crippen LogP contribution < -0.4 is 15.5 Å². The van der Waals surface area contributed by atoms with Crippen LogP contribution in [0, 0.1) is 18.8 Å². The molecule has 0 aliphatic carbocycles. The van der Waals surface area contributed by atoms with Gasteiger partial charge in [-0.25, -0.2) is 0 Å². The Morgan fingerprint density at radius 3 is 2.31 bits per heavy atom. The molecule has 0 radical (unpaired) electrons. The van der Waals surface area contributed by atoms with Gasteiger partial charge in [0.1, 0.15) is 12.1 Å². The summed E-state index contributed by atoms with van der Waals surface area (Å²) < 4.78 is 0. The third-order valence-corrected chi connectivity index (χ3v) is 8.22. The van der Waals surface area contributed by atoms with Gasteiger partial charge in [-0.1, -0.05) is 73.2 Å². The average Bonchev–Trinajstić information content (AvgIpc) is 3.51. The van der Waals surface area contributed by atoms with Crippen molar-refractivity contribution < 1.29 is 19.2 Å². The molecule has 4 amide bonds. The Morgan fingerprint density at radius 2 is 1.59 bits per heavy atom. The van der Waals surface area contributed by atoms with E-state index in [0.29, 0.717) is 23.4 Å². The topological polar surface area (TPSA) is 98.8 Å². The highest BCUT2D eigenvalue weighted by atomic mass is 16.2. The van der Waals surface area contributed by atoms with Crippen LogP contribution in [0.4, 0.5) is 11.4 Å². The summed E-state index contributed by atoms with van der Waals surface area (Å²) in [6.07, 6.45) is 0.574. The van der Waals surface area contributed by atoms with E-state index in [1.165, 1.54) is 9.80 Å². The van der Waals surface area contributed by atoms with E-state index in [4.69, 9.17) is 0 Å². The number of rotatable bonds is 6. The number of hydrogen-bond acceptors (Lipinski definition) is 5. The molecule has 4 atom stereocenters. The number of carbonyl (C=O) groups excluding carboxylic acids is 4. The van der Waals surface area contributed by atoms with Gasteiger partial charge in [0.25, 0.3) is 5.91 Å². The van der Waals surface area contributed by atoms with Gasteiger partial charge in [-0.3, -0.25) is 29.4 Å². The number of anilines is 2. The molecule has 8 heteroatoms. The Bertz CT molecular complexity index is 1470. The maximum Gasteiger partial charge on any atom is 0.253 e. The summed E-state index contributed by atoms with van der Waals surface area (Å²) in [5.74, 6) is -2.89. The maximum atomic E-state index is 14.3. The standard InChI is InChI=1S/C31H30N4O4/c1-3-23-26-27(29(38)35(28(26)37)17-20-9-5-4-6-10-20)31(33-23)22-11-7-8-12-24(22)34(30(31)39)18-25(36)32-21-15-13-19(2)14-16-21/h4-16,23,26-27,33H,3,17-18H2,1-2H3,(H,32,36)/t23-,26+,27-,31-/m0/s1. The first-order chi connectivity index (χ1) is 18.8. The highest BCUT2D eigenvalue weighted by molar-refractivity contribution is 6.17. The summed E-state index contributed by atoms with van der Waals surface area (Å²) in [6, 6.07) is 23.7. The van der Waals surface area contributed by atoms with Crippen LogP contribution in [0.25, 0.3) is 0 Å². The third kappa shape index (κ3) is 3.86. The van der Waals surface area contributed by atoms with Gasteiger partial charge in [-0.05, 0) is 37.1 Å². The quantitative estimate of drug-likeness (QED) is 0.484. The number of nitrogens with one attached hydrogen (secondary N) is 2. The monoisotopic (exact) mass is 522 g/mol. The molecule has 1 spiro atoms. The van der Waals surface area contributed by atoms with Gasteiger partial charge in [-0.15, -0.1) is 0 Å². The Balaban J connectivity index is 1.35. The Labute approximate surface area is 227 Å². The third-order valence-electron chi connectivity index (χ3n) is 8.22. The molecule has 3 aliphatic rings. The van der Waals surface area contributed by atoms with Crippen LogP contribution in [0.3, 0.4) is 0 Å². The van der Waals surface area contributed by atoms with Crippen LogP contribution in [0.1, 0.15) is 30.0 Å². The lowest BCUT2D eigenvalue weighted by atomic mass is 9.76. The number of fused-ring (bicyclic) bond motifs is 4. The molecule has 0 unspecified atom stereocenters. The predicted molar refractivity (Wildman–Crippen MR) is 146 cm³/mol. The van der Waals surface area contributed by atoms with Gasteiger partial charge in [0.15, 0.2) is 0 Å². The van der Waals surface area contributed by atoms with Crippen molar-refractivity contribution in [3.05, 3.63) is 95.6 Å². The largest absolute Gasteiger partial charge is 0.325 e. The van der Waals surface area contributed by atoms with Gasteiger partial charge in [0.05, 0.1) is 18.4 Å². The highest BCUT2D eigenvalue weighted by Crippen LogP contribution is 2.55. The minimum atomic E-state index is -1.41. The molecule has 6 rings (SSSR count). The summed E-state index contributed by atoms with van der Waals surface area (Å²) in [5.41, 5.74) is 2.35. The van der Waals surface area contributed by atoms with Crippen LogP contribution in [0.5, 0.6) is 0 Å². The summed E-state index contributed by atoms with van der Waals surface area (Å²) >= 11 is 0. The van der Waals surface area contributed by atoms with E-state index in [0.717, 1.165) is 11.1 Å². The second kappa shape index (κ2) is 9.47. The highest BCUT2D eigenvalue weighted by Gasteiger charge is 2.71. The number of imide groups is 1. The Hall–Kier alpha value is -4.30. The Morgan fingerprint density at radius 1 is 0.897 bits per heavy atom. The van der Waals surface area contributed by atoms with E-state index in [1.807, 2.05) is 86.6 Å². The molecular formula is C31H30N4O4. The number of benzene rings is 3. The molecule has 0 bridgehead atoms. The summed E-state index contributed by atoms with van der Waals surface area (Å²) in [4.78, 5) is 57.9. The van der Waals surface area contributed by atoms with Gasteiger partial charge in [0, 0.05) is 23.0 Å². The number of aryl methyl sites for hydroxylation is 1. The Kier molecular flexibility index (Phi) is 6.07. The van der Waals surface area contributed by atoms with Gasteiger partial charge in [0.2, 0.25) is 17.7 Å². The zero-order valence-corrected chi connectivity index (χ0v) is 21.9. The number of hydrogen-bond donors (Lipinski definition) is 2. The molecule has 3 aromatic rings. The normalized spacial score (nSPS) is 25.4. The van der Waals surface area contributed by atoms with Crippen LogP contribution >= 0.6 is 0 Å². The molecule has 8 nitrogen and oxygen atoms in total. The van der Waals surface area contributed by atoms with Crippen LogP contribution in [0.15, 0.2) is 78.9 Å². The molecule has 2 fully saturated rings. The number of amides is 4. The fourth-order valence-corrected chi connectivity index (χ4v) is 6.42. The molecule has 3 heterocycles. The molecule has 2 N–H and O–H groups in total. The van der Waals surface area contributed by atoms with E-state index in [1.54, 1.807) is 6.07 Å². The number of nitrogens with zero attached hydrogens (tertiary/aromatic N) is 2. The van der Waals surface area contributed by atoms with Gasteiger partial charge < -0.3 is 10.2 Å². The lowest BCUT2D eigenvalue weighted by Gasteiger charge is -2.30. The first-order valence-corrected chi connectivity index (χ1v) is 13.3. The van der Waals surface area contributed by atoms with E-state index < -0.39 is 17.4 Å². The molecule has 0 aromatic heterocycles. The molecule has 2 saturated heterocycles. The van der Waals surface area contributed by atoms with Crippen molar-refractivity contribution in [3.63, 3.8) is 0 Å². The average molecular weight is 523 g/mol. The first-order valence-electron chi connectivity index (χ1n) is 13.3. The minimum absolute atomic E-state index is 0.163. The van der Waals surface area contributed by atoms with Crippen LogP contribution in [0.2, 0.25) is 0 Å². The van der Waals surface area contributed by atoms with Crippen molar-refractivity contribution in [2.45, 2.75) is 38.4 Å². The number of likely N-dealkylation sites (tertiary alicyclic amines) is 1. The molecular weight excluding hydrogens is 492 g/mol. The second-order valence-corrected chi connectivity index (χ2v) is 10.5. The summed E-state index contributed by atoms with van der Waals surface area (Å²) in [6.45, 7) is 3.86. The predicted octanol–water partition coefficient (Wildman–Crippen LogP) is 3.36. The smallest absolute Gasteiger partial charge is 0.253 e. The molecule has 3 aromatic carbocycles. The molecule has 3 aliphatic heterocycles. The van der Waals surface area contributed by atoms with Crippen molar-refractivity contribution in [2.24, 2.45) is 11.8 Å². The van der Waals surface area contributed by atoms with Gasteiger partial charge in [-0.2, -0.15) is 0 Å². The van der Waals surface area contributed by atoms with Gasteiger partial charge >= 0.3 is 0 Å². The van der Waals surface area contributed by atoms with E-state index in [-0.39, 0.29) is 42.8 Å².